The van der Waals surface area contributed by atoms with Crippen LogP contribution in [0.4, 0.5) is 11.4 Å². The molecule has 0 bridgehead atoms. The summed E-state index contributed by atoms with van der Waals surface area (Å²) in [5.41, 5.74) is 9.29. The monoisotopic (exact) mass is 516 g/mol. The Morgan fingerprint density at radius 3 is 2.21 bits per heavy atom. The zero-order valence-electron chi connectivity index (χ0n) is 21.8. The lowest BCUT2D eigenvalue weighted by Gasteiger charge is -2.47. The van der Waals surface area contributed by atoms with Crippen LogP contribution in [0.1, 0.15) is 40.3 Å². The van der Waals surface area contributed by atoms with E-state index in [1.54, 1.807) is 6.92 Å². The van der Waals surface area contributed by atoms with Crippen molar-refractivity contribution in [2.45, 2.75) is 32.7 Å². The molecule has 4 aromatic rings. The zero-order chi connectivity index (χ0) is 26.4. The number of hydrogen-bond acceptors (Lipinski definition) is 6. The highest BCUT2D eigenvalue weighted by atomic mass is 32.2. The van der Waals surface area contributed by atoms with E-state index in [1.165, 1.54) is 17.3 Å². The fraction of sp³-hybridized carbons (Fsp3) is 0.156. The number of benzene rings is 4. The third-order valence-corrected chi connectivity index (χ3v) is 8.44. The number of ketones is 1. The van der Waals surface area contributed by atoms with Crippen LogP contribution in [0.5, 0.6) is 0 Å². The number of rotatable bonds is 4. The second-order valence-corrected chi connectivity index (χ2v) is 10.9. The molecule has 38 heavy (non-hydrogen) atoms. The standard InChI is InChI=1S/C32H28N4OS/c1-21-18-19-22(2)27(20-21)30-26-15-9-10-16-28(26)32(35(33-30)25-13-6-5-7-14-25)36(34-31(38-32)24(4)37)29-17-11-8-12-23(29)3/h5-20H,1-4H3/t32-/m1/s1. The van der Waals surface area contributed by atoms with E-state index >= 15 is 0 Å². The van der Waals surface area contributed by atoms with Crippen molar-refractivity contribution in [2.75, 3.05) is 10.0 Å². The lowest BCUT2D eigenvalue weighted by atomic mass is 9.90. The van der Waals surface area contributed by atoms with E-state index in [-0.39, 0.29) is 5.78 Å². The molecule has 0 radical (unpaired) electrons. The Kier molecular flexibility index (Phi) is 5.92. The van der Waals surface area contributed by atoms with Gasteiger partial charge in [0.15, 0.2) is 10.8 Å². The third-order valence-electron chi connectivity index (χ3n) is 7.03. The third kappa shape index (κ3) is 3.75. The van der Waals surface area contributed by atoms with E-state index in [4.69, 9.17) is 10.2 Å². The van der Waals surface area contributed by atoms with Gasteiger partial charge in [-0.05, 0) is 67.9 Å². The van der Waals surface area contributed by atoms with Crippen LogP contribution in [-0.4, -0.2) is 16.5 Å². The minimum Gasteiger partial charge on any atom is -0.292 e. The molecule has 1 spiro atoms. The summed E-state index contributed by atoms with van der Waals surface area (Å²) in [6.07, 6.45) is 0. The summed E-state index contributed by atoms with van der Waals surface area (Å²) >= 11 is 1.45. The molecule has 0 aliphatic carbocycles. The second kappa shape index (κ2) is 9.30. The molecule has 0 amide bonds. The molecule has 0 unspecified atom stereocenters. The van der Waals surface area contributed by atoms with Gasteiger partial charge >= 0.3 is 0 Å². The van der Waals surface area contributed by atoms with Gasteiger partial charge in [0, 0.05) is 23.6 Å². The number of carbonyl (C=O) groups excluding carboxylic acids is 1. The number of Topliss-reactive ketones (excluding diaryl/α,β-unsaturated/α-hetero) is 1. The summed E-state index contributed by atoms with van der Waals surface area (Å²) in [4.78, 5) is 11.9. The van der Waals surface area contributed by atoms with Crippen molar-refractivity contribution in [1.82, 2.24) is 0 Å². The highest BCUT2D eigenvalue weighted by Crippen LogP contribution is 2.55. The summed E-state index contributed by atoms with van der Waals surface area (Å²) in [6, 6.07) is 33.1. The van der Waals surface area contributed by atoms with Gasteiger partial charge in [0.25, 0.3) is 0 Å². The van der Waals surface area contributed by atoms with Crippen molar-refractivity contribution < 1.29 is 4.79 Å². The SMILES string of the molecule is CC(=O)C1=NN(c2ccccc2C)[C@@]2(S1)c1ccccc1C(c1cc(C)ccc1C)=NN2c1ccccc1. The highest BCUT2D eigenvalue weighted by Gasteiger charge is 2.56. The number of carbonyl (C=O) groups is 1. The number of para-hydroxylation sites is 2. The van der Waals surface area contributed by atoms with Gasteiger partial charge in [-0.1, -0.05) is 78.4 Å². The maximum absolute atomic E-state index is 12.8. The van der Waals surface area contributed by atoms with Crippen molar-refractivity contribution in [2.24, 2.45) is 10.2 Å². The number of fused-ring (bicyclic) bond motifs is 2. The van der Waals surface area contributed by atoms with Gasteiger partial charge in [0.2, 0.25) is 4.99 Å². The topological polar surface area (TPSA) is 48.3 Å². The van der Waals surface area contributed by atoms with E-state index in [9.17, 15) is 4.79 Å². The molecule has 2 aliphatic rings. The minimum atomic E-state index is -0.938. The summed E-state index contributed by atoms with van der Waals surface area (Å²) in [5, 5.41) is 14.8. The minimum absolute atomic E-state index is 0.0692. The van der Waals surface area contributed by atoms with Gasteiger partial charge in [0.1, 0.15) is 0 Å². The maximum Gasteiger partial charge on any atom is 0.234 e. The van der Waals surface area contributed by atoms with E-state index in [0.29, 0.717) is 5.04 Å². The Hall–Kier alpha value is -4.16. The fourth-order valence-electron chi connectivity index (χ4n) is 5.12. The van der Waals surface area contributed by atoms with Crippen molar-refractivity contribution in [3.63, 3.8) is 0 Å². The molecule has 188 valence electrons. The van der Waals surface area contributed by atoms with Crippen LogP contribution in [0.3, 0.4) is 0 Å². The normalized spacial score (nSPS) is 18.3. The number of anilines is 2. The average molecular weight is 517 g/mol. The Labute approximate surface area is 227 Å². The molecule has 1 atom stereocenters. The van der Waals surface area contributed by atoms with Crippen molar-refractivity contribution in [3.05, 3.63) is 130 Å². The van der Waals surface area contributed by atoms with Gasteiger partial charge in [-0.15, -0.1) is 0 Å². The number of aryl methyl sites for hydroxylation is 3. The van der Waals surface area contributed by atoms with Gasteiger partial charge in [-0.3, -0.25) is 4.79 Å². The number of nitrogens with zero attached hydrogens (tertiary/aromatic N) is 4. The summed E-state index contributed by atoms with van der Waals surface area (Å²) in [6.45, 7) is 7.88. The smallest absolute Gasteiger partial charge is 0.234 e. The van der Waals surface area contributed by atoms with Crippen LogP contribution < -0.4 is 10.0 Å². The first-order chi connectivity index (χ1) is 18.4. The van der Waals surface area contributed by atoms with Gasteiger partial charge in [-0.2, -0.15) is 10.2 Å². The largest absolute Gasteiger partial charge is 0.292 e. The van der Waals surface area contributed by atoms with Crippen molar-refractivity contribution in [1.29, 1.82) is 0 Å². The fourth-order valence-corrected chi connectivity index (χ4v) is 6.40. The molecule has 6 rings (SSSR count). The molecule has 0 fully saturated rings. The van der Waals surface area contributed by atoms with Gasteiger partial charge in [0.05, 0.1) is 17.1 Å². The van der Waals surface area contributed by atoms with Crippen LogP contribution in [0, 0.1) is 20.8 Å². The Bertz CT molecular complexity index is 1630. The number of hydrogen-bond donors (Lipinski definition) is 0. The Morgan fingerprint density at radius 2 is 1.45 bits per heavy atom. The van der Waals surface area contributed by atoms with E-state index in [0.717, 1.165) is 44.9 Å². The lowest BCUT2D eigenvalue weighted by molar-refractivity contribution is -0.110. The average Bonchev–Trinajstić information content (AvgIpc) is 3.32. The number of thioether (sulfide) groups is 1. The summed E-state index contributed by atoms with van der Waals surface area (Å²) < 4.78 is 0. The number of hydrazone groups is 2. The first-order valence-corrected chi connectivity index (χ1v) is 13.5. The molecular weight excluding hydrogens is 488 g/mol. The van der Waals surface area contributed by atoms with Gasteiger partial charge in [-0.25, -0.2) is 10.0 Å². The molecule has 2 heterocycles. The van der Waals surface area contributed by atoms with E-state index in [1.807, 2.05) is 40.3 Å². The van der Waals surface area contributed by atoms with E-state index in [2.05, 4.69) is 87.5 Å². The van der Waals surface area contributed by atoms with Gasteiger partial charge < -0.3 is 0 Å². The molecule has 5 nitrogen and oxygen atoms in total. The van der Waals surface area contributed by atoms with Crippen LogP contribution in [0.2, 0.25) is 0 Å². The van der Waals surface area contributed by atoms with Crippen LogP contribution in [-0.2, 0) is 9.79 Å². The van der Waals surface area contributed by atoms with E-state index < -0.39 is 4.99 Å². The molecule has 0 N–H and O–H groups in total. The molecule has 0 saturated heterocycles. The molecule has 2 aliphatic heterocycles. The quantitative estimate of drug-likeness (QED) is 0.289. The van der Waals surface area contributed by atoms with Crippen molar-refractivity contribution >= 4 is 39.7 Å². The molecule has 0 aromatic heterocycles. The second-order valence-electron chi connectivity index (χ2n) is 9.73. The van der Waals surface area contributed by atoms with Crippen molar-refractivity contribution in [3.8, 4) is 0 Å². The zero-order valence-corrected chi connectivity index (χ0v) is 22.7. The molecule has 0 saturated carbocycles. The molecule has 4 aromatic carbocycles. The molecular formula is C32H28N4OS. The molecule has 6 heteroatoms. The first-order valence-electron chi connectivity index (χ1n) is 12.7. The maximum atomic E-state index is 12.8. The van der Waals surface area contributed by atoms with Crippen LogP contribution in [0.15, 0.2) is 107 Å². The first kappa shape index (κ1) is 24.2. The highest BCUT2D eigenvalue weighted by molar-refractivity contribution is 8.17. The predicted octanol–water partition coefficient (Wildman–Crippen LogP) is 7.15. The Morgan fingerprint density at radius 1 is 0.737 bits per heavy atom. The summed E-state index contributed by atoms with van der Waals surface area (Å²) in [5.74, 6) is -0.0692. The summed E-state index contributed by atoms with van der Waals surface area (Å²) in [7, 11) is 0. The Balaban J connectivity index is 1.70. The lowest BCUT2D eigenvalue weighted by Crippen LogP contribution is -2.54. The van der Waals surface area contributed by atoms with Crippen LogP contribution >= 0.6 is 11.8 Å². The van der Waals surface area contributed by atoms with Crippen LogP contribution in [0.25, 0.3) is 0 Å². The predicted molar refractivity (Wildman–Crippen MR) is 158 cm³/mol.